The Hall–Kier alpha value is -1.73. The molecular weight excluding hydrogens is 269 g/mol. The van der Waals surface area contributed by atoms with Crippen LogP contribution in [-0.2, 0) is 11.3 Å². The van der Waals surface area contributed by atoms with Gasteiger partial charge in [0.05, 0.1) is 5.02 Å². The molecule has 104 valence electrons. The first-order chi connectivity index (χ1) is 8.92. The first-order valence-corrected chi connectivity index (χ1v) is 6.07. The highest BCUT2D eigenvalue weighted by atomic mass is 35.5. The summed E-state index contributed by atoms with van der Waals surface area (Å²) < 4.78 is 12.8. The molecule has 0 heterocycles. The average Bonchev–Trinajstić information content (AvgIpc) is 2.39. The standard InChI is InChI=1S/C11H13ClFNO.C3H4O/c1-7(2)11(15)14-6-8-3-4-10(13)9(12)5-8;1-2-3-4/h3-5,7H,6H2,1-2H3,(H,14,15);4H,1H3. The van der Waals surface area contributed by atoms with Gasteiger partial charge in [0.2, 0.25) is 5.91 Å². The van der Waals surface area contributed by atoms with E-state index < -0.39 is 5.82 Å². The first-order valence-electron chi connectivity index (χ1n) is 5.69. The average molecular weight is 286 g/mol. The summed E-state index contributed by atoms with van der Waals surface area (Å²) in [5.74, 6) is 1.70. The lowest BCUT2D eigenvalue weighted by molar-refractivity contribution is -0.124. The monoisotopic (exact) mass is 285 g/mol. The smallest absolute Gasteiger partial charge is 0.222 e. The van der Waals surface area contributed by atoms with Crippen LogP contribution in [0.3, 0.4) is 0 Å². The molecule has 1 aromatic rings. The predicted octanol–water partition coefficient (Wildman–Crippen LogP) is 3.09. The van der Waals surface area contributed by atoms with Crippen LogP contribution in [0.5, 0.6) is 0 Å². The summed E-state index contributed by atoms with van der Waals surface area (Å²) in [6, 6.07) is 4.40. The SMILES string of the molecule is CC#CO.CC(C)C(=O)NCc1ccc(F)c(Cl)c1. The third-order valence-electron chi connectivity index (χ3n) is 2.09. The second-order valence-electron chi connectivity index (χ2n) is 3.98. The van der Waals surface area contributed by atoms with E-state index in [2.05, 4.69) is 11.2 Å². The summed E-state index contributed by atoms with van der Waals surface area (Å²) in [5, 5.41) is 10.3. The molecule has 1 aromatic carbocycles. The van der Waals surface area contributed by atoms with Crippen molar-refractivity contribution in [2.45, 2.75) is 27.3 Å². The highest BCUT2D eigenvalue weighted by Gasteiger charge is 2.06. The molecule has 0 radical (unpaired) electrons. The van der Waals surface area contributed by atoms with Crippen LogP contribution in [0.25, 0.3) is 0 Å². The van der Waals surface area contributed by atoms with E-state index in [0.29, 0.717) is 6.54 Å². The summed E-state index contributed by atoms with van der Waals surface area (Å²) in [5.41, 5.74) is 0.787. The normalized spacial score (nSPS) is 8.95. The van der Waals surface area contributed by atoms with Crippen LogP contribution >= 0.6 is 11.6 Å². The van der Waals surface area contributed by atoms with Crippen molar-refractivity contribution >= 4 is 17.5 Å². The largest absolute Gasteiger partial charge is 0.462 e. The van der Waals surface area contributed by atoms with Gasteiger partial charge in [0.15, 0.2) is 0 Å². The molecule has 19 heavy (non-hydrogen) atoms. The number of halogens is 2. The zero-order valence-electron chi connectivity index (χ0n) is 11.1. The molecule has 0 aliphatic heterocycles. The van der Waals surface area contributed by atoms with Crippen molar-refractivity contribution in [3.05, 3.63) is 34.6 Å². The van der Waals surface area contributed by atoms with Crippen molar-refractivity contribution in [3.63, 3.8) is 0 Å². The molecule has 1 amide bonds. The minimum absolute atomic E-state index is 0.0320. The lowest BCUT2D eigenvalue weighted by atomic mass is 10.2. The van der Waals surface area contributed by atoms with Gasteiger partial charge in [-0.05, 0) is 17.7 Å². The lowest BCUT2D eigenvalue weighted by Gasteiger charge is -2.07. The number of hydrogen-bond donors (Lipinski definition) is 2. The summed E-state index contributed by atoms with van der Waals surface area (Å²) in [6.07, 6.45) is 1.68. The molecule has 0 aliphatic carbocycles. The van der Waals surface area contributed by atoms with Crippen LogP contribution in [-0.4, -0.2) is 11.0 Å². The maximum Gasteiger partial charge on any atom is 0.222 e. The van der Waals surface area contributed by atoms with Gasteiger partial charge in [0, 0.05) is 19.4 Å². The fourth-order valence-electron chi connectivity index (χ4n) is 1.04. The predicted molar refractivity (Wildman–Crippen MR) is 73.5 cm³/mol. The van der Waals surface area contributed by atoms with E-state index in [9.17, 15) is 9.18 Å². The van der Waals surface area contributed by atoms with Crippen LogP contribution < -0.4 is 5.32 Å². The van der Waals surface area contributed by atoms with Crippen LogP contribution in [0.2, 0.25) is 5.02 Å². The molecule has 0 saturated carbocycles. The molecule has 2 N–H and O–H groups in total. The Kier molecular flexibility index (Phi) is 8.39. The number of hydrogen-bond acceptors (Lipinski definition) is 2. The number of benzene rings is 1. The van der Waals surface area contributed by atoms with Crippen molar-refractivity contribution in [1.82, 2.24) is 5.32 Å². The van der Waals surface area contributed by atoms with Gasteiger partial charge >= 0.3 is 0 Å². The van der Waals surface area contributed by atoms with E-state index in [1.165, 1.54) is 12.1 Å². The molecular formula is C14H17ClFNO2. The van der Waals surface area contributed by atoms with Crippen LogP contribution in [0.1, 0.15) is 26.3 Å². The molecule has 0 fully saturated rings. The Morgan fingerprint density at radius 3 is 2.53 bits per heavy atom. The number of amides is 1. The third kappa shape index (κ3) is 7.32. The molecule has 0 aliphatic rings. The molecule has 0 spiro atoms. The minimum atomic E-state index is -0.449. The second kappa shape index (κ2) is 9.23. The Labute approximate surface area is 117 Å². The van der Waals surface area contributed by atoms with Gasteiger partial charge in [-0.3, -0.25) is 4.79 Å². The van der Waals surface area contributed by atoms with Crippen LogP contribution in [0.4, 0.5) is 4.39 Å². The van der Waals surface area contributed by atoms with Gasteiger partial charge in [0.25, 0.3) is 0 Å². The van der Waals surface area contributed by atoms with E-state index in [0.717, 1.165) is 5.56 Å². The van der Waals surface area contributed by atoms with E-state index in [1.54, 1.807) is 19.1 Å². The van der Waals surface area contributed by atoms with Gasteiger partial charge in [-0.2, -0.15) is 0 Å². The maximum atomic E-state index is 12.8. The summed E-state index contributed by atoms with van der Waals surface area (Å²) in [4.78, 5) is 11.2. The first kappa shape index (κ1) is 17.3. The van der Waals surface area contributed by atoms with Gasteiger partial charge in [-0.15, -0.1) is 0 Å². The molecule has 0 aromatic heterocycles. The summed E-state index contributed by atoms with van der Waals surface area (Å²) in [7, 11) is 0. The molecule has 0 unspecified atom stereocenters. The minimum Gasteiger partial charge on any atom is -0.462 e. The summed E-state index contributed by atoms with van der Waals surface area (Å²) in [6.45, 7) is 5.57. The molecule has 0 atom stereocenters. The van der Waals surface area contributed by atoms with Gasteiger partial charge < -0.3 is 10.4 Å². The zero-order valence-corrected chi connectivity index (χ0v) is 11.9. The van der Waals surface area contributed by atoms with E-state index >= 15 is 0 Å². The third-order valence-corrected chi connectivity index (χ3v) is 2.38. The highest BCUT2D eigenvalue weighted by molar-refractivity contribution is 6.30. The van der Waals surface area contributed by atoms with Gasteiger partial charge in [0.1, 0.15) is 11.9 Å². The van der Waals surface area contributed by atoms with Crippen molar-refractivity contribution in [1.29, 1.82) is 0 Å². The molecule has 5 heteroatoms. The maximum absolute atomic E-state index is 12.8. The van der Waals surface area contributed by atoms with Crippen molar-refractivity contribution in [2.75, 3.05) is 0 Å². The van der Waals surface area contributed by atoms with E-state index in [4.69, 9.17) is 16.7 Å². The Bertz CT molecular complexity index is 472. The molecule has 1 rings (SSSR count). The van der Waals surface area contributed by atoms with E-state index in [1.807, 2.05) is 13.8 Å². The number of aliphatic hydroxyl groups is 1. The van der Waals surface area contributed by atoms with Crippen molar-refractivity contribution in [2.24, 2.45) is 5.92 Å². The van der Waals surface area contributed by atoms with Crippen molar-refractivity contribution in [3.8, 4) is 12.0 Å². The fourth-order valence-corrected chi connectivity index (χ4v) is 1.25. The highest BCUT2D eigenvalue weighted by Crippen LogP contribution is 2.15. The molecule has 0 bridgehead atoms. The Morgan fingerprint density at radius 1 is 1.53 bits per heavy atom. The number of nitrogens with one attached hydrogen (secondary N) is 1. The molecule has 3 nitrogen and oxygen atoms in total. The number of carbonyl (C=O) groups is 1. The Balaban J connectivity index is 0.000000711. The molecule has 0 saturated heterocycles. The second-order valence-corrected chi connectivity index (χ2v) is 4.39. The van der Waals surface area contributed by atoms with Crippen LogP contribution in [0, 0.1) is 23.8 Å². The Morgan fingerprint density at radius 2 is 2.11 bits per heavy atom. The topological polar surface area (TPSA) is 49.3 Å². The van der Waals surface area contributed by atoms with Crippen LogP contribution in [0.15, 0.2) is 18.2 Å². The van der Waals surface area contributed by atoms with E-state index in [-0.39, 0.29) is 16.8 Å². The number of rotatable bonds is 3. The fraction of sp³-hybridized carbons (Fsp3) is 0.357. The summed E-state index contributed by atoms with van der Waals surface area (Å²) >= 11 is 5.60. The quantitative estimate of drug-likeness (QED) is 0.839. The zero-order chi connectivity index (χ0) is 14.8. The van der Waals surface area contributed by atoms with Gasteiger partial charge in [-0.25, -0.2) is 4.39 Å². The van der Waals surface area contributed by atoms with Crippen molar-refractivity contribution < 1.29 is 14.3 Å². The number of carbonyl (C=O) groups excluding carboxylic acids is 1. The van der Waals surface area contributed by atoms with Gasteiger partial charge in [-0.1, -0.05) is 37.4 Å². The lowest BCUT2D eigenvalue weighted by Crippen LogP contribution is -2.27. The number of aliphatic hydroxyl groups excluding tert-OH is 1.